The highest BCUT2D eigenvalue weighted by molar-refractivity contribution is 5.79. The third kappa shape index (κ3) is 3.27. The van der Waals surface area contributed by atoms with Crippen LogP contribution in [0.4, 0.5) is 0 Å². The zero-order chi connectivity index (χ0) is 17.2. The van der Waals surface area contributed by atoms with Gasteiger partial charge in [0.25, 0.3) is 0 Å². The van der Waals surface area contributed by atoms with Crippen LogP contribution in [0.1, 0.15) is 35.6 Å². The van der Waals surface area contributed by atoms with E-state index in [0.717, 1.165) is 29.4 Å². The van der Waals surface area contributed by atoms with Crippen molar-refractivity contribution >= 4 is 16.8 Å². The molecule has 0 saturated carbocycles. The van der Waals surface area contributed by atoms with E-state index in [2.05, 4.69) is 41.4 Å². The minimum absolute atomic E-state index is 0.191. The maximum absolute atomic E-state index is 12.7. The van der Waals surface area contributed by atoms with Crippen LogP contribution in [-0.2, 0) is 17.8 Å². The smallest absolute Gasteiger partial charge is 0.223 e. The quantitative estimate of drug-likeness (QED) is 0.714. The number of aryl methyl sites for hydroxylation is 1. The monoisotopic (exact) mass is 330 g/mol. The predicted octanol–water partition coefficient (Wildman–Crippen LogP) is 4.31. The van der Waals surface area contributed by atoms with E-state index in [4.69, 9.17) is 0 Å². The van der Waals surface area contributed by atoms with Crippen molar-refractivity contribution in [2.24, 2.45) is 0 Å². The standard InChI is InChI=1S/C22H22N2O/c1-24(15-19-13-12-17-7-3-5-9-21(17)23-19)22(25)14-18-11-10-16-6-2-4-8-20(16)18/h2-9,12-13,18H,10-11,14-15H2,1H3/t18-/m1/s1. The van der Waals surface area contributed by atoms with Gasteiger partial charge in [0.2, 0.25) is 5.91 Å². The summed E-state index contributed by atoms with van der Waals surface area (Å²) in [6, 6.07) is 20.7. The number of amides is 1. The van der Waals surface area contributed by atoms with Crippen molar-refractivity contribution in [1.82, 2.24) is 9.88 Å². The fourth-order valence-electron chi connectivity index (χ4n) is 3.75. The van der Waals surface area contributed by atoms with E-state index in [1.807, 2.05) is 31.3 Å². The molecule has 0 spiro atoms. The van der Waals surface area contributed by atoms with Gasteiger partial charge in [0.1, 0.15) is 0 Å². The summed E-state index contributed by atoms with van der Waals surface area (Å²) < 4.78 is 0. The molecule has 0 N–H and O–H groups in total. The van der Waals surface area contributed by atoms with Gasteiger partial charge < -0.3 is 4.90 Å². The first-order valence-electron chi connectivity index (χ1n) is 8.87. The lowest BCUT2D eigenvalue weighted by atomic mass is 9.97. The van der Waals surface area contributed by atoms with Crippen molar-refractivity contribution in [3.05, 3.63) is 77.5 Å². The average Bonchev–Trinajstić information content (AvgIpc) is 3.04. The van der Waals surface area contributed by atoms with Crippen molar-refractivity contribution in [2.45, 2.75) is 31.7 Å². The first-order valence-corrected chi connectivity index (χ1v) is 8.87. The summed E-state index contributed by atoms with van der Waals surface area (Å²) in [6.45, 7) is 0.554. The van der Waals surface area contributed by atoms with Crippen molar-refractivity contribution in [2.75, 3.05) is 7.05 Å². The molecule has 3 aromatic rings. The molecule has 0 radical (unpaired) electrons. The highest BCUT2D eigenvalue weighted by Gasteiger charge is 2.25. The lowest BCUT2D eigenvalue weighted by Crippen LogP contribution is -2.27. The molecular weight excluding hydrogens is 308 g/mol. The number of rotatable bonds is 4. The van der Waals surface area contributed by atoms with Crippen LogP contribution in [0.5, 0.6) is 0 Å². The fraction of sp³-hybridized carbons (Fsp3) is 0.273. The molecule has 4 rings (SSSR count). The van der Waals surface area contributed by atoms with Gasteiger partial charge in [-0.3, -0.25) is 9.78 Å². The first kappa shape index (κ1) is 15.8. The Kier molecular flexibility index (Phi) is 4.22. The summed E-state index contributed by atoms with van der Waals surface area (Å²) in [5.74, 6) is 0.548. The number of hydrogen-bond donors (Lipinski definition) is 0. The second kappa shape index (κ2) is 6.67. The molecule has 0 unspecified atom stereocenters. The number of pyridine rings is 1. The molecule has 1 amide bonds. The van der Waals surface area contributed by atoms with E-state index < -0.39 is 0 Å². The molecule has 1 heterocycles. The molecule has 1 atom stereocenters. The predicted molar refractivity (Wildman–Crippen MR) is 100 cm³/mol. The van der Waals surface area contributed by atoms with Gasteiger partial charge in [0.05, 0.1) is 17.8 Å². The summed E-state index contributed by atoms with van der Waals surface area (Å²) in [5, 5.41) is 1.13. The van der Waals surface area contributed by atoms with Gasteiger partial charge in [-0.1, -0.05) is 48.5 Å². The molecule has 2 aromatic carbocycles. The number of carbonyl (C=O) groups is 1. The molecule has 3 nitrogen and oxygen atoms in total. The van der Waals surface area contributed by atoms with Crippen LogP contribution >= 0.6 is 0 Å². The van der Waals surface area contributed by atoms with Crippen molar-refractivity contribution < 1.29 is 4.79 Å². The maximum Gasteiger partial charge on any atom is 0.223 e. The normalized spacial score (nSPS) is 16.0. The number of benzene rings is 2. The molecule has 0 bridgehead atoms. The Labute approximate surface area is 148 Å². The van der Waals surface area contributed by atoms with Crippen LogP contribution in [0.25, 0.3) is 10.9 Å². The van der Waals surface area contributed by atoms with E-state index in [9.17, 15) is 4.79 Å². The van der Waals surface area contributed by atoms with Gasteiger partial charge in [-0.15, -0.1) is 0 Å². The molecular formula is C22H22N2O. The largest absolute Gasteiger partial charge is 0.340 e. The van der Waals surface area contributed by atoms with Gasteiger partial charge in [0.15, 0.2) is 0 Å². The Morgan fingerprint density at radius 1 is 1.08 bits per heavy atom. The van der Waals surface area contributed by atoms with Crippen molar-refractivity contribution in [1.29, 1.82) is 0 Å². The maximum atomic E-state index is 12.7. The summed E-state index contributed by atoms with van der Waals surface area (Å²) in [7, 11) is 1.88. The van der Waals surface area contributed by atoms with Gasteiger partial charge in [-0.05, 0) is 42.0 Å². The SMILES string of the molecule is CN(Cc1ccc2ccccc2n1)C(=O)C[C@H]1CCc2ccccc21. The number of aromatic nitrogens is 1. The fourth-order valence-corrected chi connectivity index (χ4v) is 3.75. The number of fused-ring (bicyclic) bond motifs is 2. The van der Waals surface area contributed by atoms with E-state index in [1.165, 1.54) is 11.1 Å². The van der Waals surface area contributed by atoms with E-state index >= 15 is 0 Å². The van der Waals surface area contributed by atoms with Crippen LogP contribution in [0, 0.1) is 0 Å². The average molecular weight is 330 g/mol. The summed E-state index contributed by atoms with van der Waals surface area (Å²) in [6.07, 6.45) is 2.75. The Balaban J connectivity index is 1.43. The van der Waals surface area contributed by atoms with Gasteiger partial charge in [-0.25, -0.2) is 0 Å². The Morgan fingerprint density at radius 2 is 1.88 bits per heavy atom. The molecule has 1 aliphatic carbocycles. The van der Waals surface area contributed by atoms with Gasteiger partial charge in [0, 0.05) is 18.9 Å². The molecule has 25 heavy (non-hydrogen) atoms. The lowest BCUT2D eigenvalue weighted by Gasteiger charge is -2.20. The van der Waals surface area contributed by atoms with E-state index in [0.29, 0.717) is 18.9 Å². The molecule has 0 fully saturated rings. The molecule has 126 valence electrons. The molecule has 0 aliphatic heterocycles. The van der Waals surface area contributed by atoms with Gasteiger partial charge in [-0.2, -0.15) is 0 Å². The van der Waals surface area contributed by atoms with Crippen molar-refractivity contribution in [3.8, 4) is 0 Å². The minimum atomic E-state index is 0.191. The second-order valence-corrected chi connectivity index (χ2v) is 6.88. The Hall–Kier alpha value is -2.68. The number of carbonyl (C=O) groups excluding carboxylic acids is 1. The Morgan fingerprint density at radius 3 is 2.80 bits per heavy atom. The highest BCUT2D eigenvalue weighted by Crippen LogP contribution is 2.35. The first-order chi connectivity index (χ1) is 12.2. The van der Waals surface area contributed by atoms with Crippen LogP contribution in [-0.4, -0.2) is 22.8 Å². The summed E-state index contributed by atoms with van der Waals surface area (Å²) in [5.41, 5.74) is 4.67. The van der Waals surface area contributed by atoms with Crippen LogP contribution in [0.3, 0.4) is 0 Å². The number of nitrogens with zero attached hydrogens (tertiary/aromatic N) is 2. The second-order valence-electron chi connectivity index (χ2n) is 6.88. The highest BCUT2D eigenvalue weighted by atomic mass is 16.2. The Bertz CT molecular complexity index is 919. The number of hydrogen-bond acceptors (Lipinski definition) is 2. The van der Waals surface area contributed by atoms with Gasteiger partial charge >= 0.3 is 0 Å². The minimum Gasteiger partial charge on any atom is -0.340 e. The third-order valence-electron chi connectivity index (χ3n) is 5.16. The molecule has 1 aromatic heterocycles. The summed E-state index contributed by atoms with van der Waals surface area (Å²) in [4.78, 5) is 19.1. The molecule has 1 aliphatic rings. The summed E-state index contributed by atoms with van der Waals surface area (Å²) >= 11 is 0. The third-order valence-corrected chi connectivity index (χ3v) is 5.16. The van der Waals surface area contributed by atoms with E-state index in [-0.39, 0.29) is 5.91 Å². The van der Waals surface area contributed by atoms with Crippen LogP contribution < -0.4 is 0 Å². The van der Waals surface area contributed by atoms with Crippen LogP contribution in [0.2, 0.25) is 0 Å². The zero-order valence-electron chi connectivity index (χ0n) is 14.5. The zero-order valence-corrected chi connectivity index (χ0v) is 14.5. The molecule has 0 saturated heterocycles. The van der Waals surface area contributed by atoms with Crippen LogP contribution in [0.15, 0.2) is 60.7 Å². The topological polar surface area (TPSA) is 33.2 Å². The van der Waals surface area contributed by atoms with Crippen molar-refractivity contribution in [3.63, 3.8) is 0 Å². The van der Waals surface area contributed by atoms with E-state index in [1.54, 1.807) is 4.90 Å². The molecule has 3 heteroatoms. The number of para-hydroxylation sites is 1. The lowest BCUT2D eigenvalue weighted by molar-refractivity contribution is -0.130.